The Morgan fingerprint density at radius 1 is 0.688 bits per heavy atom. The Morgan fingerprint density at radius 3 is 1.56 bits per heavy atom. The molecular weight excluding hydrogens is 198 g/mol. The van der Waals surface area contributed by atoms with Crippen LogP contribution in [-0.2, 0) is 0 Å². The van der Waals surface area contributed by atoms with Crippen molar-refractivity contribution >= 4 is 0 Å². The Hall–Kier alpha value is -0.0800. The van der Waals surface area contributed by atoms with E-state index in [2.05, 4.69) is 12.2 Å². The number of hydrogen-bond donors (Lipinski definition) is 2. The topological polar surface area (TPSA) is 32.3 Å². The van der Waals surface area contributed by atoms with E-state index >= 15 is 0 Å². The minimum Gasteiger partial charge on any atom is -0.396 e. The highest BCUT2D eigenvalue weighted by molar-refractivity contribution is 4.49. The second-order valence-electron chi connectivity index (χ2n) is 4.61. The van der Waals surface area contributed by atoms with Crippen molar-refractivity contribution in [3.8, 4) is 0 Å². The lowest BCUT2D eigenvalue weighted by atomic mass is 10.1. The number of nitrogens with one attached hydrogen (secondary N) is 1. The van der Waals surface area contributed by atoms with Crippen molar-refractivity contribution in [2.45, 2.75) is 71.1 Å². The molecule has 0 aliphatic carbocycles. The smallest absolute Gasteiger partial charge is 0.0431 e. The summed E-state index contributed by atoms with van der Waals surface area (Å²) in [6, 6.07) is 0. The first-order chi connectivity index (χ1) is 7.91. The van der Waals surface area contributed by atoms with Crippen LogP contribution in [0.15, 0.2) is 0 Å². The molecule has 0 aromatic rings. The van der Waals surface area contributed by atoms with Gasteiger partial charge in [-0.05, 0) is 25.9 Å². The summed E-state index contributed by atoms with van der Waals surface area (Å²) >= 11 is 0. The summed E-state index contributed by atoms with van der Waals surface area (Å²) in [5.74, 6) is 0. The summed E-state index contributed by atoms with van der Waals surface area (Å²) < 4.78 is 0. The molecule has 2 nitrogen and oxygen atoms in total. The number of rotatable bonds is 13. The van der Waals surface area contributed by atoms with Gasteiger partial charge in [0.1, 0.15) is 0 Å². The van der Waals surface area contributed by atoms with E-state index in [-0.39, 0.29) is 0 Å². The number of hydrogen-bond acceptors (Lipinski definition) is 2. The molecule has 0 atom stereocenters. The molecule has 0 amide bonds. The van der Waals surface area contributed by atoms with Crippen molar-refractivity contribution in [2.24, 2.45) is 0 Å². The van der Waals surface area contributed by atoms with Gasteiger partial charge in [0, 0.05) is 6.61 Å². The number of aliphatic hydroxyl groups is 1. The molecule has 0 saturated heterocycles. The van der Waals surface area contributed by atoms with E-state index in [9.17, 15) is 0 Å². The Kier molecular flexibility index (Phi) is 14.8. The molecule has 0 rings (SSSR count). The predicted molar refractivity (Wildman–Crippen MR) is 71.8 cm³/mol. The van der Waals surface area contributed by atoms with Crippen molar-refractivity contribution in [1.29, 1.82) is 0 Å². The third-order valence-electron chi connectivity index (χ3n) is 3.01. The zero-order chi connectivity index (χ0) is 11.9. The third-order valence-corrected chi connectivity index (χ3v) is 3.01. The van der Waals surface area contributed by atoms with Crippen LogP contribution in [-0.4, -0.2) is 24.8 Å². The Labute approximate surface area is 102 Å². The van der Waals surface area contributed by atoms with E-state index in [1.54, 1.807) is 0 Å². The molecule has 0 unspecified atom stereocenters. The van der Waals surface area contributed by atoms with E-state index in [0.29, 0.717) is 6.61 Å². The van der Waals surface area contributed by atoms with Crippen molar-refractivity contribution < 1.29 is 5.11 Å². The van der Waals surface area contributed by atoms with Crippen LogP contribution in [0.1, 0.15) is 71.1 Å². The predicted octanol–water partition coefficient (Wildman–Crippen LogP) is 3.49. The third kappa shape index (κ3) is 13.9. The van der Waals surface area contributed by atoms with E-state index in [1.807, 2.05) is 0 Å². The fourth-order valence-electron chi connectivity index (χ4n) is 1.95. The summed E-state index contributed by atoms with van der Waals surface area (Å²) in [5.41, 5.74) is 0. The van der Waals surface area contributed by atoms with Gasteiger partial charge in [0.2, 0.25) is 0 Å². The van der Waals surface area contributed by atoms with Crippen LogP contribution in [0.5, 0.6) is 0 Å². The highest BCUT2D eigenvalue weighted by Crippen LogP contribution is 2.10. The summed E-state index contributed by atoms with van der Waals surface area (Å²) in [7, 11) is 0. The van der Waals surface area contributed by atoms with Gasteiger partial charge < -0.3 is 10.4 Å². The monoisotopic (exact) mass is 229 g/mol. The van der Waals surface area contributed by atoms with Crippen molar-refractivity contribution in [2.75, 3.05) is 19.7 Å². The fraction of sp³-hybridized carbons (Fsp3) is 1.00. The maximum atomic E-state index is 8.62. The zero-order valence-electron chi connectivity index (χ0n) is 11.1. The maximum Gasteiger partial charge on any atom is 0.0431 e. The minimum atomic E-state index is 0.367. The molecule has 98 valence electrons. The summed E-state index contributed by atoms with van der Waals surface area (Å²) in [4.78, 5) is 0. The van der Waals surface area contributed by atoms with Crippen molar-refractivity contribution in [1.82, 2.24) is 5.32 Å². The molecular formula is C14H31NO. The molecule has 16 heavy (non-hydrogen) atoms. The van der Waals surface area contributed by atoms with E-state index in [4.69, 9.17) is 5.11 Å². The van der Waals surface area contributed by atoms with Gasteiger partial charge in [-0.3, -0.25) is 0 Å². The Morgan fingerprint density at radius 2 is 1.12 bits per heavy atom. The average Bonchev–Trinajstić information content (AvgIpc) is 2.31. The molecule has 0 heterocycles. The molecule has 0 bridgehead atoms. The van der Waals surface area contributed by atoms with Gasteiger partial charge in [0.15, 0.2) is 0 Å². The SMILES string of the molecule is CCNCCCCCCCCCCCCO. The van der Waals surface area contributed by atoms with Gasteiger partial charge in [0.25, 0.3) is 0 Å². The number of aliphatic hydroxyl groups excluding tert-OH is 1. The molecule has 0 aromatic carbocycles. The number of unbranched alkanes of at least 4 members (excludes halogenated alkanes) is 9. The maximum absolute atomic E-state index is 8.62. The van der Waals surface area contributed by atoms with E-state index in [0.717, 1.165) is 13.0 Å². The first kappa shape index (κ1) is 15.9. The summed E-state index contributed by atoms with van der Waals surface area (Å²) in [6.07, 6.45) is 13.2. The highest BCUT2D eigenvalue weighted by Gasteiger charge is 1.92. The molecule has 0 spiro atoms. The zero-order valence-corrected chi connectivity index (χ0v) is 11.1. The van der Waals surface area contributed by atoms with Gasteiger partial charge in [-0.25, -0.2) is 0 Å². The largest absolute Gasteiger partial charge is 0.396 e. The second-order valence-corrected chi connectivity index (χ2v) is 4.61. The van der Waals surface area contributed by atoms with Crippen LogP contribution in [0.25, 0.3) is 0 Å². The molecule has 2 heteroatoms. The van der Waals surface area contributed by atoms with Gasteiger partial charge in [-0.15, -0.1) is 0 Å². The van der Waals surface area contributed by atoms with E-state index in [1.165, 1.54) is 64.3 Å². The normalized spacial score (nSPS) is 10.9. The van der Waals surface area contributed by atoms with Crippen LogP contribution >= 0.6 is 0 Å². The van der Waals surface area contributed by atoms with Gasteiger partial charge >= 0.3 is 0 Å². The lowest BCUT2D eigenvalue weighted by molar-refractivity contribution is 0.282. The van der Waals surface area contributed by atoms with Crippen LogP contribution in [0.4, 0.5) is 0 Å². The molecule has 2 N–H and O–H groups in total. The molecule has 0 saturated carbocycles. The first-order valence-corrected chi connectivity index (χ1v) is 7.23. The van der Waals surface area contributed by atoms with Crippen LogP contribution in [0.3, 0.4) is 0 Å². The highest BCUT2D eigenvalue weighted by atomic mass is 16.2. The quantitative estimate of drug-likeness (QED) is 0.474. The standard InChI is InChI=1S/C14H31NO/c1-2-15-13-11-9-7-5-3-4-6-8-10-12-14-16/h15-16H,2-14H2,1H3. The van der Waals surface area contributed by atoms with Gasteiger partial charge in [0.05, 0.1) is 0 Å². The van der Waals surface area contributed by atoms with Crippen LogP contribution in [0.2, 0.25) is 0 Å². The molecule has 0 aromatic heterocycles. The molecule has 0 aliphatic heterocycles. The minimum absolute atomic E-state index is 0.367. The molecule has 0 radical (unpaired) electrons. The molecule has 0 aliphatic rings. The van der Waals surface area contributed by atoms with Crippen molar-refractivity contribution in [3.63, 3.8) is 0 Å². The first-order valence-electron chi connectivity index (χ1n) is 7.23. The summed E-state index contributed by atoms with van der Waals surface area (Å²) in [5, 5.41) is 12.0. The van der Waals surface area contributed by atoms with Crippen molar-refractivity contribution in [3.05, 3.63) is 0 Å². The molecule has 0 fully saturated rings. The van der Waals surface area contributed by atoms with Crippen LogP contribution in [0, 0.1) is 0 Å². The fourth-order valence-corrected chi connectivity index (χ4v) is 1.95. The average molecular weight is 229 g/mol. The Bertz CT molecular complexity index is 103. The van der Waals surface area contributed by atoms with Crippen LogP contribution < -0.4 is 5.32 Å². The second kappa shape index (κ2) is 14.9. The van der Waals surface area contributed by atoms with E-state index < -0.39 is 0 Å². The van der Waals surface area contributed by atoms with Gasteiger partial charge in [-0.1, -0.05) is 58.3 Å². The lowest BCUT2D eigenvalue weighted by Crippen LogP contribution is -2.13. The van der Waals surface area contributed by atoms with Gasteiger partial charge in [-0.2, -0.15) is 0 Å². The summed E-state index contributed by atoms with van der Waals surface area (Å²) in [6.45, 7) is 4.83. The lowest BCUT2D eigenvalue weighted by Gasteiger charge is -2.03. The Balaban J connectivity index is 2.83.